The highest BCUT2D eigenvalue weighted by molar-refractivity contribution is 6.35. The van der Waals surface area contributed by atoms with E-state index < -0.39 is 0 Å². The van der Waals surface area contributed by atoms with Gasteiger partial charge in [0.2, 0.25) is 5.78 Å². The van der Waals surface area contributed by atoms with Crippen molar-refractivity contribution in [2.24, 2.45) is 5.10 Å². The fourth-order valence-electron chi connectivity index (χ4n) is 2.80. The number of fused-ring (bicyclic) bond motifs is 1. The van der Waals surface area contributed by atoms with E-state index in [9.17, 15) is 10.1 Å². The molecule has 122 valence electrons. The lowest BCUT2D eigenvalue weighted by atomic mass is 9.93. The Labute approximate surface area is 140 Å². The number of nitrogens with zero attached hydrogens (tertiary/aromatic N) is 3. The van der Waals surface area contributed by atoms with Gasteiger partial charge in [-0.3, -0.25) is 4.79 Å². The minimum Gasteiger partial charge on any atom is -0.383 e. The zero-order chi connectivity index (χ0) is 17.3. The van der Waals surface area contributed by atoms with Gasteiger partial charge < -0.3 is 10.5 Å². The zero-order valence-corrected chi connectivity index (χ0v) is 13.6. The number of nitriles is 1. The number of carbonyl (C=O) groups excluding carboxylic acids is 1. The largest absolute Gasteiger partial charge is 0.383 e. The van der Waals surface area contributed by atoms with Gasteiger partial charge in [0, 0.05) is 17.5 Å². The van der Waals surface area contributed by atoms with Crippen molar-refractivity contribution in [1.29, 1.82) is 5.26 Å². The van der Waals surface area contributed by atoms with Crippen LogP contribution < -0.4 is 5.73 Å². The second kappa shape index (κ2) is 5.95. The first-order valence-corrected chi connectivity index (χ1v) is 7.62. The summed E-state index contributed by atoms with van der Waals surface area (Å²) < 4.78 is 7.23. The Balaban J connectivity index is 1.98. The molecule has 0 saturated heterocycles. The maximum atomic E-state index is 12.2. The highest BCUT2D eigenvalue weighted by atomic mass is 16.5. The highest BCUT2D eigenvalue weighted by Gasteiger charge is 2.33. The average molecular weight is 322 g/mol. The molecule has 0 bridgehead atoms. The number of ketones is 1. The molecule has 0 spiro atoms. The third-order valence-electron chi connectivity index (χ3n) is 4.05. The molecule has 0 fully saturated rings. The number of benzene rings is 1. The first kappa shape index (κ1) is 16.0. The molecule has 24 heavy (non-hydrogen) atoms. The van der Waals surface area contributed by atoms with Crippen molar-refractivity contribution in [2.45, 2.75) is 32.5 Å². The molecule has 3 rings (SSSR count). The van der Waals surface area contributed by atoms with E-state index in [1.54, 1.807) is 24.3 Å². The molecule has 2 N–H and O–H groups in total. The summed E-state index contributed by atoms with van der Waals surface area (Å²) in [5.41, 5.74) is 8.22. The van der Waals surface area contributed by atoms with Crippen molar-refractivity contribution in [3.8, 4) is 6.07 Å². The molecule has 1 aliphatic rings. The fourth-order valence-corrected chi connectivity index (χ4v) is 2.80. The molecule has 0 amide bonds. The lowest BCUT2D eigenvalue weighted by Gasteiger charge is -2.30. The summed E-state index contributed by atoms with van der Waals surface area (Å²) in [6.07, 6.45) is 1.79. The van der Waals surface area contributed by atoms with Gasteiger partial charge in [-0.1, -0.05) is 30.3 Å². The van der Waals surface area contributed by atoms with Gasteiger partial charge >= 0.3 is 0 Å². The first-order chi connectivity index (χ1) is 11.4. The van der Waals surface area contributed by atoms with Gasteiger partial charge in [-0.15, -0.1) is 0 Å². The summed E-state index contributed by atoms with van der Waals surface area (Å²) in [5, 5.41) is 13.6. The Morgan fingerprint density at radius 1 is 1.42 bits per heavy atom. The van der Waals surface area contributed by atoms with Gasteiger partial charge in [-0.2, -0.15) is 10.4 Å². The van der Waals surface area contributed by atoms with E-state index in [0.717, 1.165) is 11.3 Å². The van der Waals surface area contributed by atoms with Gasteiger partial charge in [-0.05, 0) is 13.8 Å². The normalized spacial score (nSPS) is 15.9. The summed E-state index contributed by atoms with van der Waals surface area (Å²) in [4.78, 5) is 12.2. The van der Waals surface area contributed by atoms with Crippen LogP contribution in [0, 0.1) is 11.3 Å². The second-order valence-corrected chi connectivity index (χ2v) is 6.31. The number of nitrogens with two attached hydrogens (primary N) is 1. The van der Waals surface area contributed by atoms with Crippen LogP contribution in [0.2, 0.25) is 0 Å². The summed E-state index contributed by atoms with van der Waals surface area (Å²) in [5.74, 6) is 0.00827. The van der Waals surface area contributed by atoms with Crippen molar-refractivity contribution in [2.75, 3.05) is 5.73 Å². The maximum absolute atomic E-state index is 12.2. The van der Waals surface area contributed by atoms with Crippen LogP contribution in [0.5, 0.6) is 0 Å². The van der Waals surface area contributed by atoms with Crippen molar-refractivity contribution >= 4 is 17.8 Å². The Hall–Kier alpha value is -2.91. The van der Waals surface area contributed by atoms with Crippen LogP contribution in [-0.4, -0.2) is 22.3 Å². The predicted octanol–water partition coefficient (Wildman–Crippen LogP) is 2.51. The van der Waals surface area contributed by atoms with Crippen LogP contribution >= 0.6 is 0 Å². The van der Waals surface area contributed by atoms with Gasteiger partial charge in [0.15, 0.2) is 0 Å². The lowest BCUT2D eigenvalue weighted by molar-refractivity contribution is -0.0427. The topological polar surface area (TPSA) is 93.4 Å². The van der Waals surface area contributed by atoms with Crippen molar-refractivity contribution in [3.05, 3.63) is 52.7 Å². The van der Waals surface area contributed by atoms with Crippen LogP contribution in [0.4, 0.5) is 5.82 Å². The summed E-state index contributed by atoms with van der Waals surface area (Å²) >= 11 is 0. The average Bonchev–Trinajstić information content (AvgIpc) is 2.82. The smallest absolute Gasteiger partial charge is 0.205 e. The van der Waals surface area contributed by atoms with Gasteiger partial charge in [-0.25, -0.2) is 4.68 Å². The Bertz CT molecular complexity index is 857. The highest BCUT2D eigenvalue weighted by Crippen LogP contribution is 2.34. The standard InChI is InChI=1S/C18H18N4O2/c1-18(2)8-13-14(9-19)17(20)22(15(13)11-24-18)21-10-16(23)12-6-4-3-5-7-12/h3-7,10H,8,11,20H2,1-2H3/b21-10+. The number of hydrogen-bond acceptors (Lipinski definition) is 5. The summed E-state index contributed by atoms with van der Waals surface area (Å²) in [6.45, 7) is 4.23. The van der Waals surface area contributed by atoms with E-state index in [-0.39, 0.29) is 17.2 Å². The van der Waals surface area contributed by atoms with E-state index >= 15 is 0 Å². The molecule has 0 saturated carbocycles. The SMILES string of the molecule is CC1(C)Cc2c(C#N)c(N)n(/N=C/C(=O)c3ccccc3)c2CO1. The molecule has 0 radical (unpaired) electrons. The molecule has 0 unspecified atom stereocenters. The number of rotatable bonds is 3. The van der Waals surface area contributed by atoms with Gasteiger partial charge in [0.1, 0.15) is 11.9 Å². The number of aromatic nitrogens is 1. The number of Topliss-reactive ketones (excluding diaryl/α,β-unsaturated/α-hetero) is 1. The van der Waals surface area contributed by atoms with Gasteiger partial charge in [0.25, 0.3) is 0 Å². The Kier molecular flexibility index (Phi) is 3.96. The molecular weight excluding hydrogens is 304 g/mol. The van der Waals surface area contributed by atoms with E-state index in [2.05, 4.69) is 11.2 Å². The molecule has 1 aromatic heterocycles. The molecule has 6 heteroatoms. The summed E-state index contributed by atoms with van der Waals surface area (Å²) in [7, 11) is 0. The van der Waals surface area contributed by atoms with Crippen LogP contribution in [-0.2, 0) is 17.8 Å². The van der Waals surface area contributed by atoms with E-state index in [4.69, 9.17) is 10.5 Å². The van der Waals surface area contributed by atoms with E-state index in [0.29, 0.717) is 24.2 Å². The molecule has 2 heterocycles. The van der Waals surface area contributed by atoms with Crippen molar-refractivity contribution in [3.63, 3.8) is 0 Å². The molecule has 1 aliphatic heterocycles. The molecule has 1 aromatic carbocycles. The maximum Gasteiger partial charge on any atom is 0.205 e. The van der Waals surface area contributed by atoms with E-state index in [1.807, 2.05) is 19.9 Å². The quantitative estimate of drug-likeness (QED) is 0.694. The Morgan fingerprint density at radius 3 is 2.79 bits per heavy atom. The fraction of sp³-hybridized carbons (Fsp3) is 0.278. The zero-order valence-electron chi connectivity index (χ0n) is 13.6. The number of ether oxygens (including phenoxy) is 1. The minimum atomic E-state index is -0.360. The second-order valence-electron chi connectivity index (χ2n) is 6.31. The molecular formula is C18H18N4O2. The summed E-state index contributed by atoms with van der Waals surface area (Å²) in [6, 6.07) is 11.0. The molecule has 0 atom stereocenters. The van der Waals surface area contributed by atoms with E-state index in [1.165, 1.54) is 10.9 Å². The molecule has 6 nitrogen and oxygen atoms in total. The predicted molar refractivity (Wildman–Crippen MR) is 90.8 cm³/mol. The van der Waals surface area contributed by atoms with Crippen molar-refractivity contribution < 1.29 is 9.53 Å². The lowest BCUT2D eigenvalue weighted by Crippen LogP contribution is -2.32. The number of anilines is 1. The third-order valence-corrected chi connectivity index (χ3v) is 4.05. The minimum absolute atomic E-state index is 0.229. The number of hydrogen-bond donors (Lipinski definition) is 1. The number of nitrogen functional groups attached to an aromatic ring is 1. The molecule has 2 aromatic rings. The first-order valence-electron chi connectivity index (χ1n) is 7.62. The van der Waals surface area contributed by atoms with Crippen molar-refractivity contribution in [1.82, 2.24) is 4.68 Å². The third kappa shape index (κ3) is 2.82. The van der Waals surface area contributed by atoms with Gasteiger partial charge in [0.05, 0.1) is 29.7 Å². The molecule has 0 aliphatic carbocycles. The number of carbonyl (C=O) groups is 1. The van der Waals surface area contributed by atoms with Crippen LogP contribution in [0.3, 0.4) is 0 Å². The monoisotopic (exact) mass is 322 g/mol. The van der Waals surface area contributed by atoms with Crippen LogP contribution in [0.1, 0.15) is 41.0 Å². The van der Waals surface area contributed by atoms with Crippen LogP contribution in [0.15, 0.2) is 35.4 Å². The van der Waals surface area contributed by atoms with Crippen LogP contribution in [0.25, 0.3) is 0 Å². The Morgan fingerprint density at radius 2 is 2.12 bits per heavy atom.